The molecule has 4 N–H and O–H groups in total. The van der Waals surface area contributed by atoms with Crippen molar-refractivity contribution < 1.29 is 9.47 Å². The van der Waals surface area contributed by atoms with Gasteiger partial charge in [-0.3, -0.25) is 10.4 Å². The van der Waals surface area contributed by atoms with E-state index in [4.69, 9.17) is 20.6 Å². The van der Waals surface area contributed by atoms with Crippen molar-refractivity contribution in [3.05, 3.63) is 36.2 Å². The molecule has 26 heavy (non-hydrogen) atoms. The van der Waals surface area contributed by atoms with E-state index < -0.39 is 0 Å². The topological polar surface area (TPSA) is 109 Å². The van der Waals surface area contributed by atoms with Crippen molar-refractivity contribution in [3.8, 4) is 0 Å². The maximum absolute atomic E-state index is 8.56. The second-order valence-corrected chi connectivity index (χ2v) is 6.08. The summed E-state index contributed by atoms with van der Waals surface area (Å²) in [5.74, 6) is 0.875. The number of hydrogen-bond acceptors (Lipinski definition) is 7. The monoisotopic (exact) mass is 356 g/mol. The average Bonchev–Trinajstić information content (AvgIpc) is 2.60. The van der Waals surface area contributed by atoms with E-state index in [9.17, 15) is 0 Å². The van der Waals surface area contributed by atoms with Gasteiger partial charge in [0.1, 0.15) is 11.7 Å². The van der Waals surface area contributed by atoms with Gasteiger partial charge in [-0.25, -0.2) is 4.98 Å². The zero-order valence-electron chi connectivity index (χ0n) is 15.0. The van der Waals surface area contributed by atoms with Gasteiger partial charge in [0, 0.05) is 50.8 Å². The summed E-state index contributed by atoms with van der Waals surface area (Å²) in [6, 6.07) is 5.47. The van der Waals surface area contributed by atoms with Crippen LogP contribution < -0.4 is 11.1 Å². The maximum Gasteiger partial charge on any atom is 0.130 e. The second kappa shape index (κ2) is 8.11. The third-order valence-electron chi connectivity index (χ3n) is 4.22. The summed E-state index contributed by atoms with van der Waals surface area (Å²) in [5.41, 5.74) is 8.83. The highest BCUT2D eigenvalue weighted by atomic mass is 16.5. The quantitative estimate of drug-likeness (QED) is 0.387. The standard InChI is InChI=1S/C18H24N6O2/c1-21-9-14(18(20)24-10-13(11-24)26-6-5-25-2)12-7-16-15(22-8-12)3-4-17(19)23-16/h3-4,7-9,13,20-21H,5-6,10-11H2,1-2H3,(H2,19,23)/b14-9-,20-18?. The number of likely N-dealkylation sites (tertiary alicyclic amines) is 1. The number of rotatable bonds is 7. The van der Waals surface area contributed by atoms with Gasteiger partial charge < -0.3 is 25.4 Å². The molecular formula is C18H24N6O2. The van der Waals surface area contributed by atoms with E-state index in [1.165, 1.54) is 0 Å². The van der Waals surface area contributed by atoms with Gasteiger partial charge in [-0.05, 0) is 18.2 Å². The fourth-order valence-corrected chi connectivity index (χ4v) is 2.80. The first kappa shape index (κ1) is 18.1. The van der Waals surface area contributed by atoms with Gasteiger partial charge in [0.05, 0.1) is 30.4 Å². The van der Waals surface area contributed by atoms with Crippen molar-refractivity contribution >= 4 is 28.3 Å². The summed E-state index contributed by atoms with van der Waals surface area (Å²) < 4.78 is 10.7. The van der Waals surface area contributed by atoms with Crippen molar-refractivity contribution in [2.24, 2.45) is 0 Å². The van der Waals surface area contributed by atoms with E-state index in [2.05, 4.69) is 15.3 Å². The van der Waals surface area contributed by atoms with Crippen LogP contribution in [0.4, 0.5) is 5.82 Å². The Balaban J connectivity index is 1.74. The molecular weight excluding hydrogens is 332 g/mol. The van der Waals surface area contributed by atoms with Crippen molar-refractivity contribution in [3.63, 3.8) is 0 Å². The smallest absolute Gasteiger partial charge is 0.130 e. The minimum atomic E-state index is 0.137. The summed E-state index contributed by atoms with van der Waals surface area (Å²) in [6.45, 7) is 2.53. The van der Waals surface area contributed by atoms with E-state index in [0.29, 0.717) is 43.5 Å². The lowest BCUT2D eigenvalue weighted by atomic mass is 10.0. The van der Waals surface area contributed by atoms with Crippen LogP contribution in [0.5, 0.6) is 0 Å². The number of amidine groups is 1. The third-order valence-corrected chi connectivity index (χ3v) is 4.22. The molecule has 0 saturated carbocycles. The number of aromatic nitrogens is 2. The zero-order chi connectivity index (χ0) is 18.5. The number of anilines is 1. The van der Waals surface area contributed by atoms with E-state index in [1.807, 2.05) is 24.1 Å². The van der Waals surface area contributed by atoms with Crippen molar-refractivity contribution in [2.45, 2.75) is 6.10 Å². The maximum atomic E-state index is 8.56. The van der Waals surface area contributed by atoms with E-state index in [1.54, 1.807) is 25.6 Å². The fourth-order valence-electron chi connectivity index (χ4n) is 2.80. The van der Waals surface area contributed by atoms with Gasteiger partial charge in [-0.2, -0.15) is 0 Å². The van der Waals surface area contributed by atoms with Gasteiger partial charge in [0.25, 0.3) is 0 Å². The first-order valence-corrected chi connectivity index (χ1v) is 8.47. The van der Waals surface area contributed by atoms with Crippen LogP contribution in [0.1, 0.15) is 5.56 Å². The molecule has 0 radical (unpaired) electrons. The average molecular weight is 356 g/mol. The molecule has 0 aromatic carbocycles. The number of nitrogens with zero attached hydrogens (tertiary/aromatic N) is 3. The highest BCUT2D eigenvalue weighted by molar-refractivity contribution is 6.21. The Labute approximate surface area is 152 Å². The Morgan fingerprint density at radius 2 is 2.19 bits per heavy atom. The van der Waals surface area contributed by atoms with Crippen LogP contribution in [-0.4, -0.2) is 67.3 Å². The molecule has 0 unspecified atom stereocenters. The largest absolute Gasteiger partial charge is 0.393 e. The van der Waals surface area contributed by atoms with Crippen LogP contribution in [-0.2, 0) is 9.47 Å². The van der Waals surface area contributed by atoms with Crippen molar-refractivity contribution in [2.75, 3.05) is 46.2 Å². The lowest BCUT2D eigenvalue weighted by Crippen LogP contribution is -2.55. The van der Waals surface area contributed by atoms with Crippen LogP contribution in [0.15, 0.2) is 30.6 Å². The summed E-state index contributed by atoms with van der Waals surface area (Å²) in [4.78, 5) is 10.7. The molecule has 0 bridgehead atoms. The molecule has 1 aliphatic heterocycles. The summed E-state index contributed by atoms with van der Waals surface area (Å²) in [5, 5.41) is 11.6. The van der Waals surface area contributed by atoms with E-state index in [-0.39, 0.29) is 6.10 Å². The highest BCUT2D eigenvalue weighted by Crippen LogP contribution is 2.23. The van der Waals surface area contributed by atoms with E-state index in [0.717, 1.165) is 16.7 Å². The molecule has 1 saturated heterocycles. The molecule has 3 rings (SSSR count). The van der Waals surface area contributed by atoms with Crippen LogP contribution in [0, 0.1) is 5.41 Å². The molecule has 138 valence electrons. The number of hydrogen-bond donors (Lipinski definition) is 3. The molecule has 2 aromatic heterocycles. The molecule has 0 amide bonds. The Kier molecular flexibility index (Phi) is 5.65. The number of pyridine rings is 2. The Morgan fingerprint density at radius 1 is 1.38 bits per heavy atom. The third kappa shape index (κ3) is 3.92. The van der Waals surface area contributed by atoms with Crippen LogP contribution >= 0.6 is 0 Å². The number of nitrogens with one attached hydrogen (secondary N) is 2. The molecule has 2 aromatic rings. The SMILES string of the molecule is CN/C=C(\C(=N)N1CC(OCCOC)C1)c1cnc2ccc(N)nc2c1. The number of nitrogen functional groups attached to an aromatic ring is 1. The Bertz CT molecular complexity index is 816. The molecule has 0 spiro atoms. The minimum Gasteiger partial charge on any atom is -0.393 e. The van der Waals surface area contributed by atoms with Gasteiger partial charge in [-0.1, -0.05) is 0 Å². The normalized spacial score (nSPS) is 15.2. The van der Waals surface area contributed by atoms with Crippen molar-refractivity contribution in [1.29, 1.82) is 5.41 Å². The molecule has 1 aliphatic rings. The van der Waals surface area contributed by atoms with Gasteiger partial charge in [0.2, 0.25) is 0 Å². The van der Waals surface area contributed by atoms with E-state index >= 15 is 0 Å². The molecule has 8 heteroatoms. The Hall–Kier alpha value is -2.71. The molecule has 8 nitrogen and oxygen atoms in total. The van der Waals surface area contributed by atoms with Crippen LogP contribution in [0.25, 0.3) is 16.6 Å². The summed E-state index contributed by atoms with van der Waals surface area (Å²) in [6.07, 6.45) is 3.69. The predicted octanol–water partition coefficient (Wildman–Crippen LogP) is 1.10. The minimum absolute atomic E-state index is 0.137. The Morgan fingerprint density at radius 3 is 2.92 bits per heavy atom. The highest BCUT2D eigenvalue weighted by Gasteiger charge is 2.31. The molecule has 0 atom stereocenters. The summed E-state index contributed by atoms with van der Waals surface area (Å²) in [7, 11) is 3.46. The van der Waals surface area contributed by atoms with Gasteiger partial charge in [0.15, 0.2) is 0 Å². The van der Waals surface area contributed by atoms with Crippen molar-refractivity contribution in [1.82, 2.24) is 20.2 Å². The molecule has 1 fully saturated rings. The molecule has 0 aliphatic carbocycles. The molecule has 3 heterocycles. The lowest BCUT2D eigenvalue weighted by molar-refractivity contribution is -0.0424. The lowest BCUT2D eigenvalue weighted by Gasteiger charge is -2.41. The number of nitrogens with two attached hydrogens (primary N) is 1. The number of methoxy groups -OCH3 is 1. The fraction of sp³-hybridized carbons (Fsp3) is 0.389. The first-order valence-electron chi connectivity index (χ1n) is 8.47. The van der Waals surface area contributed by atoms with Gasteiger partial charge in [-0.15, -0.1) is 0 Å². The van der Waals surface area contributed by atoms with Crippen LogP contribution in [0.3, 0.4) is 0 Å². The second-order valence-electron chi connectivity index (χ2n) is 6.08. The predicted molar refractivity (Wildman–Crippen MR) is 102 cm³/mol. The van der Waals surface area contributed by atoms with Gasteiger partial charge >= 0.3 is 0 Å². The van der Waals surface area contributed by atoms with Crippen LogP contribution in [0.2, 0.25) is 0 Å². The number of fused-ring (bicyclic) bond motifs is 1. The number of ether oxygens (including phenoxy) is 2. The first-order chi connectivity index (χ1) is 12.6. The zero-order valence-corrected chi connectivity index (χ0v) is 15.0. The summed E-state index contributed by atoms with van der Waals surface area (Å²) >= 11 is 0.